The molecule has 0 atom stereocenters. The molecular formula is C16H12Cl2O2S. The van der Waals surface area contributed by atoms with Crippen LogP contribution in [-0.2, 0) is 0 Å². The Morgan fingerprint density at radius 3 is 2.29 bits per heavy atom. The Balaban J connectivity index is 2.05. The molecule has 0 saturated carbocycles. The van der Waals surface area contributed by atoms with E-state index in [0.29, 0.717) is 21.4 Å². The van der Waals surface area contributed by atoms with Gasteiger partial charge in [0.15, 0.2) is 5.78 Å². The van der Waals surface area contributed by atoms with E-state index in [0.717, 1.165) is 4.90 Å². The van der Waals surface area contributed by atoms with Crippen molar-refractivity contribution in [2.45, 2.75) is 4.90 Å². The Morgan fingerprint density at radius 2 is 1.71 bits per heavy atom. The Morgan fingerprint density at radius 1 is 1.10 bits per heavy atom. The summed E-state index contributed by atoms with van der Waals surface area (Å²) in [6.45, 7) is 0. The van der Waals surface area contributed by atoms with Crippen molar-refractivity contribution >= 4 is 40.7 Å². The van der Waals surface area contributed by atoms with Crippen LogP contribution in [0.2, 0.25) is 10.0 Å². The molecule has 0 N–H and O–H groups in total. The van der Waals surface area contributed by atoms with Gasteiger partial charge in [-0.05, 0) is 47.9 Å². The summed E-state index contributed by atoms with van der Waals surface area (Å²) in [6.07, 6.45) is 1.49. The molecule has 0 aliphatic heterocycles. The molecule has 0 amide bonds. The van der Waals surface area contributed by atoms with Gasteiger partial charge in [-0.3, -0.25) is 4.79 Å². The normalized spacial score (nSPS) is 10.8. The highest BCUT2D eigenvalue weighted by Gasteiger charge is 2.05. The number of benzene rings is 2. The maximum atomic E-state index is 12.0. The van der Waals surface area contributed by atoms with Gasteiger partial charge in [-0.25, -0.2) is 0 Å². The molecular weight excluding hydrogens is 327 g/mol. The zero-order valence-electron chi connectivity index (χ0n) is 11.2. The third kappa shape index (κ3) is 4.27. The second kappa shape index (κ2) is 7.55. The van der Waals surface area contributed by atoms with Gasteiger partial charge >= 0.3 is 0 Å². The molecule has 0 unspecified atom stereocenters. The summed E-state index contributed by atoms with van der Waals surface area (Å²) in [5.74, 6) is 0.626. The number of methoxy groups -OCH3 is 1. The summed E-state index contributed by atoms with van der Waals surface area (Å²) in [5, 5.41) is 2.81. The highest BCUT2D eigenvalue weighted by Crippen LogP contribution is 2.34. The summed E-state index contributed by atoms with van der Waals surface area (Å²) >= 11 is 13.4. The molecule has 2 aromatic carbocycles. The van der Waals surface area contributed by atoms with E-state index in [1.54, 1.807) is 55.0 Å². The van der Waals surface area contributed by atoms with Gasteiger partial charge in [0.05, 0.1) is 17.2 Å². The lowest BCUT2D eigenvalue weighted by atomic mass is 10.1. The monoisotopic (exact) mass is 338 g/mol. The summed E-state index contributed by atoms with van der Waals surface area (Å²) in [6, 6.07) is 12.2. The van der Waals surface area contributed by atoms with Crippen molar-refractivity contribution < 1.29 is 9.53 Å². The van der Waals surface area contributed by atoms with Crippen molar-refractivity contribution in [3.05, 3.63) is 69.6 Å². The molecule has 0 bridgehead atoms. The van der Waals surface area contributed by atoms with E-state index in [1.165, 1.54) is 17.8 Å². The summed E-state index contributed by atoms with van der Waals surface area (Å²) in [5.41, 5.74) is 0.595. The quantitative estimate of drug-likeness (QED) is 0.409. The predicted molar refractivity (Wildman–Crippen MR) is 88.8 cm³/mol. The van der Waals surface area contributed by atoms with Crippen molar-refractivity contribution in [3.8, 4) is 5.75 Å². The predicted octanol–water partition coefficient (Wildman–Crippen LogP) is 5.49. The van der Waals surface area contributed by atoms with Crippen LogP contribution in [0.5, 0.6) is 5.75 Å². The van der Waals surface area contributed by atoms with Crippen molar-refractivity contribution in [3.63, 3.8) is 0 Å². The first-order chi connectivity index (χ1) is 10.1. The fourth-order valence-electron chi connectivity index (χ4n) is 1.61. The van der Waals surface area contributed by atoms with Crippen molar-refractivity contribution in [1.29, 1.82) is 0 Å². The van der Waals surface area contributed by atoms with Gasteiger partial charge < -0.3 is 4.74 Å². The Kier molecular flexibility index (Phi) is 5.74. The Bertz CT molecular complexity index is 646. The number of carbonyl (C=O) groups is 1. The summed E-state index contributed by atoms with van der Waals surface area (Å²) in [4.78, 5) is 12.7. The highest BCUT2D eigenvalue weighted by molar-refractivity contribution is 8.02. The largest absolute Gasteiger partial charge is 0.497 e. The SMILES string of the molecule is COc1ccc(C(=O)/C=C/Sc2c(Cl)cccc2Cl)cc1. The van der Waals surface area contributed by atoms with E-state index >= 15 is 0 Å². The third-order valence-electron chi connectivity index (χ3n) is 2.70. The molecule has 2 rings (SSSR count). The van der Waals surface area contributed by atoms with Gasteiger partial charge in [0.25, 0.3) is 0 Å². The van der Waals surface area contributed by atoms with E-state index in [4.69, 9.17) is 27.9 Å². The number of allylic oxidation sites excluding steroid dienone is 1. The number of rotatable bonds is 5. The second-order valence-corrected chi connectivity index (χ2v) is 5.79. The van der Waals surface area contributed by atoms with Crippen LogP contribution in [0, 0.1) is 0 Å². The van der Waals surface area contributed by atoms with Crippen LogP contribution >= 0.6 is 35.0 Å². The lowest BCUT2D eigenvalue weighted by Gasteiger charge is -2.02. The number of hydrogen-bond donors (Lipinski definition) is 0. The number of halogens is 2. The third-order valence-corrected chi connectivity index (χ3v) is 4.50. The maximum Gasteiger partial charge on any atom is 0.186 e. The number of thioether (sulfide) groups is 1. The van der Waals surface area contributed by atoms with E-state index in [9.17, 15) is 4.79 Å². The average Bonchev–Trinajstić information content (AvgIpc) is 2.50. The van der Waals surface area contributed by atoms with Crippen LogP contribution < -0.4 is 4.74 Å². The van der Waals surface area contributed by atoms with Crippen LogP contribution in [0.15, 0.2) is 58.8 Å². The minimum Gasteiger partial charge on any atom is -0.497 e. The minimum atomic E-state index is -0.0895. The smallest absolute Gasteiger partial charge is 0.186 e. The van der Waals surface area contributed by atoms with Gasteiger partial charge in [-0.1, -0.05) is 41.0 Å². The molecule has 0 saturated heterocycles. The molecule has 108 valence electrons. The van der Waals surface area contributed by atoms with Crippen molar-refractivity contribution in [2.75, 3.05) is 7.11 Å². The molecule has 0 spiro atoms. The molecule has 0 fully saturated rings. The fraction of sp³-hybridized carbons (Fsp3) is 0.0625. The minimum absolute atomic E-state index is 0.0895. The van der Waals surface area contributed by atoms with Gasteiger partial charge in [0.1, 0.15) is 5.75 Å². The number of ketones is 1. The molecule has 0 radical (unpaired) electrons. The van der Waals surface area contributed by atoms with Gasteiger partial charge in [0.2, 0.25) is 0 Å². The molecule has 0 aromatic heterocycles. The maximum absolute atomic E-state index is 12.0. The molecule has 5 heteroatoms. The Hall–Kier alpha value is -1.42. The zero-order valence-corrected chi connectivity index (χ0v) is 13.5. The van der Waals surface area contributed by atoms with E-state index < -0.39 is 0 Å². The van der Waals surface area contributed by atoms with E-state index in [-0.39, 0.29) is 5.78 Å². The first-order valence-corrected chi connectivity index (χ1v) is 7.71. The molecule has 0 heterocycles. The summed E-state index contributed by atoms with van der Waals surface area (Å²) in [7, 11) is 1.58. The molecule has 0 aliphatic carbocycles. The van der Waals surface area contributed by atoms with Crippen LogP contribution in [0.1, 0.15) is 10.4 Å². The van der Waals surface area contributed by atoms with Gasteiger partial charge in [-0.15, -0.1) is 0 Å². The van der Waals surface area contributed by atoms with Gasteiger partial charge in [0, 0.05) is 10.5 Å². The van der Waals surface area contributed by atoms with Crippen LogP contribution in [0.4, 0.5) is 0 Å². The zero-order chi connectivity index (χ0) is 15.2. The number of carbonyl (C=O) groups excluding carboxylic acids is 1. The van der Waals surface area contributed by atoms with E-state index in [2.05, 4.69) is 0 Å². The van der Waals surface area contributed by atoms with Crippen molar-refractivity contribution in [1.82, 2.24) is 0 Å². The van der Waals surface area contributed by atoms with Crippen LogP contribution in [0.25, 0.3) is 0 Å². The number of ether oxygens (including phenoxy) is 1. The average molecular weight is 339 g/mol. The molecule has 21 heavy (non-hydrogen) atoms. The highest BCUT2D eigenvalue weighted by atomic mass is 35.5. The first kappa shape index (κ1) is 16.0. The molecule has 2 nitrogen and oxygen atoms in total. The standard InChI is InChI=1S/C16H12Cl2O2S/c1-20-12-7-5-11(6-8-12)15(19)9-10-21-16-13(17)3-2-4-14(16)18/h2-10H,1H3/b10-9+. The lowest BCUT2D eigenvalue weighted by molar-refractivity contribution is 0.104. The topological polar surface area (TPSA) is 26.3 Å². The van der Waals surface area contributed by atoms with E-state index in [1.807, 2.05) is 0 Å². The summed E-state index contributed by atoms with van der Waals surface area (Å²) < 4.78 is 5.05. The van der Waals surface area contributed by atoms with Crippen LogP contribution in [0.3, 0.4) is 0 Å². The lowest BCUT2D eigenvalue weighted by Crippen LogP contribution is -1.93. The van der Waals surface area contributed by atoms with Gasteiger partial charge in [-0.2, -0.15) is 0 Å². The first-order valence-electron chi connectivity index (χ1n) is 6.07. The molecule has 0 aliphatic rings. The molecule has 2 aromatic rings. The Labute approximate surface area is 137 Å². The second-order valence-electron chi connectivity index (χ2n) is 4.06. The van der Waals surface area contributed by atoms with Crippen molar-refractivity contribution in [2.24, 2.45) is 0 Å². The van der Waals surface area contributed by atoms with Crippen LogP contribution in [-0.4, -0.2) is 12.9 Å². The number of hydrogen-bond acceptors (Lipinski definition) is 3. The fourth-order valence-corrected chi connectivity index (χ4v) is 2.96.